The van der Waals surface area contributed by atoms with Crippen molar-refractivity contribution < 1.29 is 17.8 Å². The molecule has 3 aliphatic rings. The van der Waals surface area contributed by atoms with Gasteiger partial charge in [0, 0.05) is 51.8 Å². The second-order valence-electron chi connectivity index (χ2n) is 11.2. The third-order valence-electron chi connectivity index (χ3n) is 8.28. The van der Waals surface area contributed by atoms with E-state index in [1.807, 2.05) is 24.3 Å². The van der Waals surface area contributed by atoms with Crippen LogP contribution in [0.15, 0.2) is 42.6 Å². The van der Waals surface area contributed by atoms with Crippen molar-refractivity contribution >= 4 is 32.7 Å². The highest BCUT2D eigenvalue weighted by Gasteiger charge is 2.48. The molecule has 2 aromatic heterocycles. The number of benzene rings is 1. The van der Waals surface area contributed by atoms with Gasteiger partial charge in [-0.25, -0.2) is 18.0 Å². The Labute approximate surface area is 241 Å². The van der Waals surface area contributed by atoms with Gasteiger partial charge in [-0.2, -0.15) is 5.26 Å². The summed E-state index contributed by atoms with van der Waals surface area (Å²) in [5.41, 5.74) is 2.19. The number of carbonyl (C=O) groups is 1. The fourth-order valence-electron chi connectivity index (χ4n) is 5.67. The number of alkyl halides is 1. The summed E-state index contributed by atoms with van der Waals surface area (Å²) in [5, 5.41) is 13.0. The summed E-state index contributed by atoms with van der Waals surface area (Å²) in [6, 6.07) is 13.0. The molecule has 0 bridgehead atoms. The molecule has 2 aliphatic carbocycles. The van der Waals surface area contributed by atoms with Crippen LogP contribution in [0.5, 0.6) is 0 Å². The smallest absolute Gasteiger partial charge is 0.225 e. The molecule has 3 fully saturated rings. The highest BCUT2D eigenvalue weighted by atomic mass is 32.2. The molecule has 214 valence electrons. The lowest BCUT2D eigenvalue weighted by atomic mass is 9.75. The Morgan fingerprint density at radius 3 is 2.54 bits per heavy atom. The second kappa shape index (κ2) is 10.8. The number of hydrogen-bond acceptors (Lipinski definition) is 8. The predicted molar refractivity (Wildman–Crippen MR) is 154 cm³/mol. The van der Waals surface area contributed by atoms with Crippen LogP contribution in [0.25, 0.3) is 21.1 Å². The van der Waals surface area contributed by atoms with Gasteiger partial charge in [0.15, 0.2) is 0 Å². The first kappa shape index (κ1) is 27.7. The van der Waals surface area contributed by atoms with Crippen LogP contribution >= 0.6 is 11.3 Å². The van der Waals surface area contributed by atoms with Crippen molar-refractivity contribution in [2.75, 3.05) is 29.5 Å². The maximum Gasteiger partial charge on any atom is 0.225 e. The Bertz CT molecular complexity index is 1580. The molecule has 3 aromatic rings. The van der Waals surface area contributed by atoms with Crippen LogP contribution in [0, 0.1) is 27.8 Å². The number of aromatic nitrogens is 2. The van der Waals surface area contributed by atoms with E-state index >= 15 is 0 Å². The molecule has 0 radical (unpaired) electrons. The van der Waals surface area contributed by atoms with Crippen molar-refractivity contribution in [2.24, 2.45) is 5.92 Å². The Kier molecular flexibility index (Phi) is 7.28. The summed E-state index contributed by atoms with van der Waals surface area (Å²) in [5.74, 6) is -1.12. The van der Waals surface area contributed by atoms with E-state index in [9.17, 15) is 23.0 Å². The summed E-state index contributed by atoms with van der Waals surface area (Å²) in [4.78, 5) is 25.5. The summed E-state index contributed by atoms with van der Waals surface area (Å²) >= 11 is 1.40. The molecule has 2 N–H and O–H groups in total. The van der Waals surface area contributed by atoms with Crippen LogP contribution in [-0.2, 0) is 14.5 Å². The maximum atomic E-state index is 14.7. The topological polar surface area (TPSA) is 123 Å². The number of nitrogens with zero attached hydrogens (tertiary/aromatic N) is 4. The van der Waals surface area contributed by atoms with Crippen molar-refractivity contribution in [1.82, 2.24) is 15.3 Å². The molecular weight excluding hydrogens is 566 g/mol. The number of amides is 1. The minimum Gasteiger partial charge on any atom is -0.370 e. The molecule has 6 rings (SSSR count). The Morgan fingerprint density at radius 1 is 1.17 bits per heavy atom. The van der Waals surface area contributed by atoms with Gasteiger partial charge in [-0.05, 0) is 61.9 Å². The first-order valence-electron chi connectivity index (χ1n) is 13.7. The molecule has 12 heteroatoms. The summed E-state index contributed by atoms with van der Waals surface area (Å²) in [6.45, 7) is 1.11. The van der Waals surface area contributed by atoms with Gasteiger partial charge < -0.3 is 10.2 Å². The molecule has 41 heavy (non-hydrogen) atoms. The Morgan fingerprint density at radius 2 is 1.90 bits per heavy atom. The number of rotatable bonds is 6. The summed E-state index contributed by atoms with van der Waals surface area (Å²) in [7, 11) is -2.50. The zero-order valence-corrected chi connectivity index (χ0v) is 23.9. The lowest BCUT2D eigenvalue weighted by molar-refractivity contribution is -0.128. The standard InChI is InChI=1S/C29H30F2N6O2S2/c30-19-3-7-22(23(15-19)27(38)36-29(17-32)9-10-29)25-26(40-28(35-25)24-8-4-20(31)16-34-24)18-1-5-21(6-2-18)37-11-13-41(33,39)14-12-37/h1-2,4-6,8,16,19,22-23,33H,3,7,9-15H2,(H,36,38). The lowest BCUT2D eigenvalue weighted by Gasteiger charge is -2.32. The van der Waals surface area contributed by atoms with Crippen LogP contribution in [0.2, 0.25) is 0 Å². The number of carbonyl (C=O) groups excluding carboxylic acids is 1. The third kappa shape index (κ3) is 5.83. The molecular formula is C29H30F2N6O2S2. The predicted octanol–water partition coefficient (Wildman–Crippen LogP) is 5.27. The molecule has 3 unspecified atom stereocenters. The average Bonchev–Trinajstić information content (AvgIpc) is 3.60. The van der Waals surface area contributed by atoms with E-state index in [4.69, 9.17) is 9.76 Å². The van der Waals surface area contributed by atoms with E-state index in [1.165, 1.54) is 17.4 Å². The summed E-state index contributed by atoms with van der Waals surface area (Å²) in [6.07, 6.45) is 2.02. The highest BCUT2D eigenvalue weighted by Crippen LogP contribution is 2.47. The van der Waals surface area contributed by atoms with Crippen LogP contribution in [0.4, 0.5) is 14.5 Å². The minimum absolute atomic E-state index is 0.0617. The number of nitriles is 1. The lowest BCUT2D eigenvalue weighted by Crippen LogP contribution is -2.44. The SMILES string of the molecule is N#CC1(NC(=O)C2CC(F)CCC2c2nc(-c3ccc(F)cn3)sc2-c2ccc(N3CCS(=N)(=O)CC3)cc2)CC1. The average molecular weight is 597 g/mol. The van der Waals surface area contributed by atoms with Crippen molar-refractivity contribution in [3.05, 3.63) is 54.1 Å². The molecule has 8 nitrogen and oxygen atoms in total. The van der Waals surface area contributed by atoms with Gasteiger partial charge in [0.2, 0.25) is 5.91 Å². The van der Waals surface area contributed by atoms with Gasteiger partial charge in [-0.1, -0.05) is 12.1 Å². The normalized spacial score (nSPS) is 24.8. The van der Waals surface area contributed by atoms with E-state index in [0.29, 0.717) is 66.7 Å². The van der Waals surface area contributed by atoms with E-state index in [-0.39, 0.29) is 18.2 Å². The van der Waals surface area contributed by atoms with Crippen molar-refractivity contribution in [2.45, 2.75) is 49.7 Å². The molecule has 3 heterocycles. The van der Waals surface area contributed by atoms with Crippen LogP contribution in [0.1, 0.15) is 43.7 Å². The van der Waals surface area contributed by atoms with Gasteiger partial charge in [-0.3, -0.25) is 14.6 Å². The molecule has 3 atom stereocenters. The quantitative estimate of drug-likeness (QED) is 0.400. The van der Waals surface area contributed by atoms with Crippen molar-refractivity contribution in [3.63, 3.8) is 0 Å². The fourth-order valence-corrected chi connectivity index (χ4v) is 8.02. The van der Waals surface area contributed by atoms with Crippen LogP contribution < -0.4 is 10.2 Å². The van der Waals surface area contributed by atoms with E-state index in [2.05, 4.69) is 21.3 Å². The molecule has 1 aliphatic heterocycles. The maximum absolute atomic E-state index is 14.7. The molecule has 0 spiro atoms. The van der Waals surface area contributed by atoms with Gasteiger partial charge in [0.05, 0.1) is 28.5 Å². The third-order valence-corrected chi connectivity index (χ3v) is 11.1. The monoisotopic (exact) mass is 596 g/mol. The fraction of sp³-hybridized carbons (Fsp3) is 0.448. The molecule has 1 aromatic carbocycles. The highest BCUT2D eigenvalue weighted by molar-refractivity contribution is 7.92. The van der Waals surface area contributed by atoms with Crippen LogP contribution in [-0.4, -0.2) is 56.4 Å². The van der Waals surface area contributed by atoms with Gasteiger partial charge in [0.1, 0.15) is 22.5 Å². The Hall–Kier alpha value is -3.43. The number of thiazole rings is 1. The van der Waals surface area contributed by atoms with Gasteiger partial charge in [0.25, 0.3) is 0 Å². The van der Waals surface area contributed by atoms with Gasteiger partial charge in [-0.15, -0.1) is 11.3 Å². The number of nitrogens with one attached hydrogen (secondary N) is 2. The summed E-state index contributed by atoms with van der Waals surface area (Å²) < 4.78 is 48.2. The first-order chi connectivity index (χ1) is 19.7. The molecule has 1 saturated heterocycles. The van der Waals surface area contributed by atoms with E-state index < -0.39 is 33.2 Å². The first-order valence-corrected chi connectivity index (χ1v) is 16.5. The second-order valence-corrected chi connectivity index (χ2v) is 14.6. The Balaban J connectivity index is 1.36. The van der Waals surface area contributed by atoms with E-state index in [1.54, 1.807) is 6.07 Å². The van der Waals surface area contributed by atoms with Crippen LogP contribution in [0.3, 0.4) is 0 Å². The number of anilines is 1. The number of halogens is 2. The van der Waals surface area contributed by atoms with Crippen molar-refractivity contribution in [3.8, 4) is 27.2 Å². The molecule has 1 amide bonds. The molecule has 2 saturated carbocycles. The zero-order valence-electron chi connectivity index (χ0n) is 22.3. The minimum atomic E-state index is -2.50. The van der Waals surface area contributed by atoms with E-state index in [0.717, 1.165) is 22.3 Å². The van der Waals surface area contributed by atoms with Gasteiger partial charge >= 0.3 is 0 Å². The zero-order chi connectivity index (χ0) is 28.8. The number of pyridine rings is 1. The van der Waals surface area contributed by atoms with Crippen molar-refractivity contribution in [1.29, 1.82) is 10.0 Å². The largest absolute Gasteiger partial charge is 0.370 e. The number of hydrogen-bond donors (Lipinski definition) is 2.